The first-order valence-electron chi connectivity index (χ1n) is 8.72. The molecule has 2 amide bonds. The van der Waals surface area contributed by atoms with Gasteiger partial charge in [-0.2, -0.15) is 0 Å². The van der Waals surface area contributed by atoms with E-state index in [0.717, 1.165) is 24.0 Å². The van der Waals surface area contributed by atoms with Crippen LogP contribution in [-0.2, 0) is 22.4 Å². The molecule has 0 aromatic heterocycles. The maximum atomic E-state index is 11.1. The van der Waals surface area contributed by atoms with Gasteiger partial charge in [-0.15, -0.1) is 0 Å². The molecule has 0 heterocycles. The third kappa shape index (κ3) is 5.45. The second-order valence-electron chi connectivity index (χ2n) is 5.83. The topological polar surface area (TPSA) is 58.2 Å². The van der Waals surface area contributed by atoms with Gasteiger partial charge in [0.2, 0.25) is 12.8 Å². The number of amides is 2. The molecule has 4 nitrogen and oxygen atoms in total. The lowest BCUT2D eigenvalue weighted by molar-refractivity contribution is -0.110. The molecule has 2 rings (SSSR count). The van der Waals surface area contributed by atoms with Crippen molar-refractivity contribution in [3.8, 4) is 0 Å². The molecule has 0 aliphatic heterocycles. The van der Waals surface area contributed by atoms with Crippen LogP contribution in [0.15, 0.2) is 59.9 Å². The Labute approximate surface area is 154 Å². The third-order valence-corrected chi connectivity index (χ3v) is 4.12. The number of rotatable bonds is 9. The van der Waals surface area contributed by atoms with Crippen molar-refractivity contribution in [1.29, 1.82) is 0 Å². The molecule has 4 heteroatoms. The van der Waals surface area contributed by atoms with E-state index in [1.807, 2.05) is 60.7 Å². The van der Waals surface area contributed by atoms with Gasteiger partial charge in [-0.25, -0.2) is 0 Å². The van der Waals surface area contributed by atoms with Crippen molar-refractivity contribution in [2.45, 2.75) is 26.7 Å². The Morgan fingerprint density at radius 1 is 0.692 bits per heavy atom. The molecule has 2 aromatic carbocycles. The fourth-order valence-electron chi connectivity index (χ4n) is 2.55. The fraction of sp³-hybridized carbons (Fsp3) is 0.182. The molecule has 2 aromatic rings. The van der Waals surface area contributed by atoms with E-state index in [0.29, 0.717) is 24.2 Å². The van der Waals surface area contributed by atoms with Crippen LogP contribution in [0.1, 0.15) is 36.1 Å². The Bertz CT molecular complexity index is 718. The van der Waals surface area contributed by atoms with Gasteiger partial charge in [-0.05, 0) is 47.2 Å². The fourth-order valence-corrected chi connectivity index (χ4v) is 2.55. The smallest absolute Gasteiger partial charge is 0.211 e. The normalized spacial score (nSPS) is 11.8. The van der Waals surface area contributed by atoms with E-state index in [4.69, 9.17) is 0 Å². The highest BCUT2D eigenvalue weighted by Crippen LogP contribution is 2.16. The molecule has 0 fully saturated rings. The first kappa shape index (κ1) is 19.2. The predicted molar refractivity (Wildman–Crippen MR) is 106 cm³/mol. The third-order valence-electron chi connectivity index (χ3n) is 4.12. The van der Waals surface area contributed by atoms with Crippen LogP contribution in [0.2, 0.25) is 0 Å². The molecule has 134 valence electrons. The second-order valence-corrected chi connectivity index (χ2v) is 5.83. The summed E-state index contributed by atoms with van der Waals surface area (Å²) in [4.78, 5) is 22.1. The van der Waals surface area contributed by atoms with Crippen LogP contribution in [0, 0.1) is 0 Å². The lowest BCUT2D eigenvalue weighted by atomic mass is 10.1. The standard InChI is InChI=1S/C22H24N2O2/c1-3-17-5-9-19(10-6-17)13-21(23-15-25)22(24-16-26)14-20-11-7-18(4-2)8-12-20/h5-16H,3-4H2,1-2H3,(H,23,25)(H,24,26)/b21-13-,22-14-. The lowest BCUT2D eigenvalue weighted by Gasteiger charge is -2.11. The number of aryl methyl sites for hydroxylation is 2. The zero-order valence-electron chi connectivity index (χ0n) is 15.2. The highest BCUT2D eigenvalue weighted by atomic mass is 16.1. The number of nitrogens with one attached hydrogen (secondary N) is 2. The van der Waals surface area contributed by atoms with Gasteiger partial charge in [0.15, 0.2) is 0 Å². The minimum atomic E-state index is 0.524. The molecule has 0 aliphatic carbocycles. The van der Waals surface area contributed by atoms with Crippen molar-refractivity contribution in [1.82, 2.24) is 10.6 Å². The Hall–Kier alpha value is -3.14. The molecule has 26 heavy (non-hydrogen) atoms. The highest BCUT2D eigenvalue weighted by Gasteiger charge is 2.06. The van der Waals surface area contributed by atoms with E-state index in [1.54, 1.807) is 0 Å². The molecular formula is C22H24N2O2. The zero-order valence-corrected chi connectivity index (χ0v) is 15.2. The summed E-state index contributed by atoms with van der Waals surface area (Å²) in [7, 11) is 0. The van der Waals surface area contributed by atoms with Crippen LogP contribution in [-0.4, -0.2) is 12.8 Å². The SMILES string of the molecule is CCc1ccc(/C=C(NC=O)/C(=C/c2ccc(CC)cc2)NC=O)cc1. The second kappa shape index (κ2) is 9.99. The monoisotopic (exact) mass is 348 g/mol. The minimum Gasteiger partial charge on any atom is -0.327 e. The van der Waals surface area contributed by atoms with Crippen molar-refractivity contribution in [3.63, 3.8) is 0 Å². The van der Waals surface area contributed by atoms with E-state index in [-0.39, 0.29) is 0 Å². The van der Waals surface area contributed by atoms with E-state index in [9.17, 15) is 9.59 Å². The summed E-state index contributed by atoms with van der Waals surface area (Å²) < 4.78 is 0. The maximum Gasteiger partial charge on any atom is 0.211 e. The molecule has 0 radical (unpaired) electrons. The van der Waals surface area contributed by atoms with Crippen molar-refractivity contribution in [2.24, 2.45) is 0 Å². The van der Waals surface area contributed by atoms with Gasteiger partial charge in [0.05, 0.1) is 11.4 Å². The Morgan fingerprint density at radius 3 is 1.31 bits per heavy atom. The van der Waals surface area contributed by atoms with E-state index >= 15 is 0 Å². The molecule has 2 N–H and O–H groups in total. The summed E-state index contributed by atoms with van der Waals surface area (Å²) in [6, 6.07) is 16.1. The van der Waals surface area contributed by atoms with Gasteiger partial charge < -0.3 is 10.6 Å². The largest absolute Gasteiger partial charge is 0.327 e. The summed E-state index contributed by atoms with van der Waals surface area (Å²) in [5.41, 5.74) is 5.40. The summed E-state index contributed by atoms with van der Waals surface area (Å²) in [6.07, 6.45) is 6.80. The molecule has 0 saturated heterocycles. The van der Waals surface area contributed by atoms with Crippen LogP contribution in [0.25, 0.3) is 12.2 Å². The Kier molecular flexibility index (Phi) is 7.37. The van der Waals surface area contributed by atoms with Crippen molar-refractivity contribution < 1.29 is 9.59 Å². The van der Waals surface area contributed by atoms with Crippen molar-refractivity contribution >= 4 is 25.0 Å². The van der Waals surface area contributed by atoms with Gasteiger partial charge in [0.25, 0.3) is 0 Å². The van der Waals surface area contributed by atoms with Gasteiger partial charge in [-0.1, -0.05) is 62.4 Å². The summed E-state index contributed by atoms with van der Waals surface area (Å²) >= 11 is 0. The summed E-state index contributed by atoms with van der Waals surface area (Å²) in [5, 5.41) is 5.36. The number of carbonyl (C=O) groups is 2. The molecule has 0 aliphatic rings. The minimum absolute atomic E-state index is 0.524. The number of benzene rings is 2. The number of hydrogen-bond donors (Lipinski definition) is 2. The van der Waals surface area contributed by atoms with Crippen LogP contribution < -0.4 is 10.6 Å². The van der Waals surface area contributed by atoms with E-state index in [1.165, 1.54) is 11.1 Å². The average molecular weight is 348 g/mol. The lowest BCUT2D eigenvalue weighted by Crippen LogP contribution is -2.21. The first-order valence-corrected chi connectivity index (χ1v) is 8.72. The van der Waals surface area contributed by atoms with Crippen molar-refractivity contribution in [2.75, 3.05) is 0 Å². The maximum absolute atomic E-state index is 11.1. The Balaban J connectivity index is 2.39. The summed E-state index contributed by atoms with van der Waals surface area (Å²) in [6.45, 7) is 4.20. The van der Waals surface area contributed by atoms with Gasteiger partial charge in [-0.3, -0.25) is 9.59 Å². The predicted octanol–water partition coefficient (Wildman–Crippen LogP) is 3.69. The van der Waals surface area contributed by atoms with E-state index < -0.39 is 0 Å². The zero-order chi connectivity index (χ0) is 18.8. The molecule has 0 saturated carbocycles. The van der Waals surface area contributed by atoms with Gasteiger partial charge in [0.1, 0.15) is 0 Å². The number of hydrogen-bond acceptors (Lipinski definition) is 2. The quantitative estimate of drug-likeness (QED) is 0.536. The highest BCUT2D eigenvalue weighted by molar-refractivity contribution is 5.72. The van der Waals surface area contributed by atoms with Gasteiger partial charge >= 0.3 is 0 Å². The van der Waals surface area contributed by atoms with Crippen LogP contribution in [0.5, 0.6) is 0 Å². The number of carbonyl (C=O) groups excluding carboxylic acids is 2. The molecule has 0 spiro atoms. The average Bonchev–Trinajstić information content (AvgIpc) is 2.68. The molecule has 0 unspecified atom stereocenters. The summed E-state index contributed by atoms with van der Waals surface area (Å²) in [5.74, 6) is 0. The van der Waals surface area contributed by atoms with Crippen LogP contribution >= 0.6 is 0 Å². The van der Waals surface area contributed by atoms with Gasteiger partial charge in [0, 0.05) is 0 Å². The first-order chi connectivity index (χ1) is 12.7. The van der Waals surface area contributed by atoms with E-state index in [2.05, 4.69) is 24.5 Å². The molecule has 0 atom stereocenters. The van der Waals surface area contributed by atoms with Crippen molar-refractivity contribution in [3.05, 3.63) is 82.2 Å². The van der Waals surface area contributed by atoms with Crippen LogP contribution in [0.3, 0.4) is 0 Å². The molecule has 0 bridgehead atoms. The van der Waals surface area contributed by atoms with Crippen LogP contribution in [0.4, 0.5) is 0 Å². The Morgan fingerprint density at radius 2 is 1.04 bits per heavy atom. The molecular weight excluding hydrogens is 324 g/mol.